The van der Waals surface area contributed by atoms with Gasteiger partial charge in [-0.25, -0.2) is 0 Å². The van der Waals surface area contributed by atoms with E-state index < -0.39 is 0 Å². The average molecular weight is 502 g/mol. The van der Waals surface area contributed by atoms with Crippen molar-refractivity contribution in [2.45, 2.75) is 50.3 Å². The summed E-state index contributed by atoms with van der Waals surface area (Å²) in [4.78, 5) is 13.9. The van der Waals surface area contributed by atoms with Gasteiger partial charge in [0.1, 0.15) is 23.4 Å². The lowest BCUT2D eigenvalue weighted by molar-refractivity contribution is -0.113. The van der Waals surface area contributed by atoms with Gasteiger partial charge in [-0.2, -0.15) is 5.26 Å². The smallest absolute Gasteiger partial charge is 0.235 e. The summed E-state index contributed by atoms with van der Waals surface area (Å²) in [5, 5.41) is 22.9. The second-order valence-corrected chi connectivity index (χ2v) is 10.3. The van der Waals surface area contributed by atoms with Gasteiger partial charge in [0.05, 0.1) is 11.3 Å². The molecule has 7 nitrogen and oxygen atoms in total. The molecule has 1 amide bonds. The number of aryl methyl sites for hydroxylation is 1. The molecule has 0 saturated heterocycles. The lowest BCUT2D eigenvalue weighted by Crippen LogP contribution is -2.14. The molecule has 2 aromatic heterocycles. The normalized spacial score (nSPS) is 13.5. The van der Waals surface area contributed by atoms with Crippen molar-refractivity contribution in [1.82, 2.24) is 14.8 Å². The SMILES string of the molecule is Cn1c(COc2ccc(Cl)cc2)nnc1SCC(=O)Nc1sc2c(c1C#N)CCCCCC2. The van der Waals surface area contributed by atoms with Crippen molar-refractivity contribution in [2.24, 2.45) is 7.05 Å². The predicted molar refractivity (Wildman–Crippen MR) is 131 cm³/mol. The number of aromatic nitrogens is 3. The topological polar surface area (TPSA) is 92.8 Å². The van der Waals surface area contributed by atoms with Gasteiger partial charge in [0.15, 0.2) is 11.0 Å². The Balaban J connectivity index is 1.34. The van der Waals surface area contributed by atoms with Gasteiger partial charge < -0.3 is 14.6 Å². The molecular formula is C23H24ClN5O2S2. The number of nitriles is 1. The summed E-state index contributed by atoms with van der Waals surface area (Å²) in [6, 6.07) is 9.42. The highest BCUT2D eigenvalue weighted by Crippen LogP contribution is 2.36. The molecule has 0 spiro atoms. The lowest BCUT2D eigenvalue weighted by atomic mass is 9.97. The number of rotatable bonds is 7. The van der Waals surface area contributed by atoms with Crippen LogP contribution in [-0.2, 0) is 31.3 Å². The molecule has 1 N–H and O–H groups in total. The molecule has 10 heteroatoms. The second-order valence-electron chi connectivity index (χ2n) is 7.77. The van der Waals surface area contributed by atoms with Crippen molar-refractivity contribution < 1.29 is 9.53 Å². The van der Waals surface area contributed by atoms with E-state index in [0.29, 0.717) is 32.3 Å². The first-order valence-electron chi connectivity index (χ1n) is 10.8. The number of thioether (sulfide) groups is 1. The Hall–Kier alpha value is -2.54. The predicted octanol–water partition coefficient (Wildman–Crippen LogP) is 5.37. The van der Waals surface area contributed by atoms with E-state index in [0.717, 1.165) is 31.2 Å². The number of nitrogens with one attached hydrogen (secondary N) is 1. The first-order valence-corrected chi connectivity index (χ1v) is 13.0. The minimum Gasteiger partial charge on any atom is -0.486 e. The van der Waals surface area contributed by atoms with Gasteiger partial charge in [-0.05, 0) is 55.5 Å². The van der Waals surface area contributed by atoms with E-state index in [2.05, 4.69) is 21.6 Å². The Labute approximate surface area is 206 Å². The number of benzene rings is 1. The van der Waals surface area contributed by atoms with Gasteiger partial charge in [0.25, 0.3) is 0 Å². The van der Waals surface area contributed by atoms with Crippen LogP contribution in [0.1, 0.15) is 47.5 Å². The Morgan fingerprint density at radius 2 is 2.00 bits per heavy atom. The number of anilines is 1. The molecule has 0 saturated carbocycles. The summed E-state index contributed by atoms with van der Waals surface area (Å²) in [5.74, 6) is 1.36. The molecule has 0 fully saturated rings. The summed E-state index contributed by atoms with van der Waals surface area (Å²) >= 11 is 8.74. The van der Waals surface area contributed by atoms with Crippen LogP contribution in [0, 0.1) is 11.3 Å². The maximum atomic E-state index is 12.6. The van der Waals surface area contributed by atoms with Crippen LogP contribution in [0.3, 0.4) is 0 Å². The standard InChI is InChI=1S/C23H24ClN5O2S2/c1-29-20(13-31-16-10-8-15(24)9-11-16)27-28-23(29)32-14-21(30)26-22-18(12-25)17-6-4-2-3-5-7-19(17)33-22/h8-11H,2-7,13-14H2,1H3,(H,26,30). The van der Waals surface area contributed by atoms with Crippen LogP contribution in [0.2, 0.25) is 5.02 Å². The number of hydrogen-bond donors (Lipinski definition) is 1. The molecule has 0 unspecified atom stereocenters. The first kappa shape index (κ1) is 23.6. The lowest BCUT2D eigenvalue weighted by Gasteiger charge is -2.08. The van der Waals surface area contributed by atoms with E-state index in [1.165, 1.54) is 29.5 Å². The quantitative estimate of drug-likeness (QED) is 0.437. The summed E-state index contributed by atoms with van der Waals surface area (Å²) < 4.78 is 7.54. The van der Waals surface area contributed by atoms with Crippen molar-refractivity contribution in [3.63, 3.8) is 0 Å². The number of thiophene rings is 1. The molecule has 172 valence electrons. The Morgan fingerprint density at radius 1 is 1.24 bits per heavy atom. The average Bonchev–Trinajstić information content (AvgIpc) is 3.30. The number of amides is 1. The fourth-order valence-corrected chi connectivity index (χ4v) is 5.81. The fraction of sp³-hybridized carbons (Fsp3) is 0.391. The molecule has 0 aliphatic heterocycles. The molecule has 2 heterocycles. The van der Waals surface area contributed by atoms with Gasteiger partial charge in [0.2, 0.25) is 5.91 Å². The molecule has 1 aromatic carbocycles. The molecule has 0 radical (unpaired) electrons. The van der Waals surface area contributed by atoms with E-state index in [1.807, 2.05) is 11.6 Å². The highest BCUT2D eigenvalue weighted by molar-refractivity contribution is 7.99. The van der Waals surface area contributed by atoms with Crippen molar-refractivity contribution in [1.29, 1.82) is 5.26 Å². The maximum absolute atomic E-state index is 12.6. The third-order valence-corrected chi connectivity index (χ3v) is 7.95. The van der Waals surface area contributed by atoms with Crippen LogP contribution < -0.4 is 10.1 Å². The van der Waals surface area contributed by atoms with Gasteiger partial charge in [-0.1, -0.05) is 36.2 Å². The molecule has 1 aliphatic rings. The first-order chi connectivity index (χ1) is 16.0. The second kappa shape index (κ2) is 11.1. The molecule has 3 aromatic rings. The number of fused-ring (bicyclic) bond motifs is 1. The number of ether oxygens (including phenoxy) is 1. The molecule has 1 aliphatic carbocycles. The van der Waals surface area contributed by atoms with Crippen LogP contribution in [0.4, 0.5) is 5.00 Å². The molecule has 0 bridgehead atoms. The number of nitrogens with zero attached hydrogens (tertiary/aromatic N) is 4. The zero-order valence-electron chi connectivity index (χ0n) is 18.3. The number of carbonyl (C=O) groups is 1. The van der Waals surface area contributed by atoms with Crippen molar-refractivity contribution in [2.75, 3.05) is 11.1 Å². The van der Waals surface area contributed by atoms with Gasteiger partial charge >= 0.3 is 0 Å². The van der Waals surface area contributed by atoms with Crippen molar-refractivity contribution in [3.05, 3.63) is 51.1 Å². The Kier molecular flexibility index (Phi) is 7.91. The van der Waals surface area contributed by atoms with Crippen LogP contribution >= 0.6 is 34.7 Å². The molecular weight excluding hydrogens is 478 g/mol. The van der Waals surface area contributed by atoms with Crippen molar-refractivity contribution in [3.8, 4) is 11.8 Å². The minimum atomic E-state index is -0.160. The van der Waals surface area contributed by atoms with E-state index in [9.17, 15) is 10.1 Å². The van der Waals surface area contributed by atoms with E-state index in [4.69, 9.17) is 16.3 Å². The highest BCUT2D eigenvalue weighted by Gasteiger charge is 2.21. The number of carbonyl (C=O) groups excluding carboxylic acids is 1. The van der Waals surface area contributed by atoms with Crippen LogP contribution in [0.15, 0.2) is 29.4 Å². The zero-order chi connectivity index (χ0) is 23.2. The van der Waals surface area contributed by atoms with Gasteiger partial charge in [-0.3, -0.25) is 4.79 Å². The number of halogens is 1. The van der Waals surface area contributed by atoms with E-state index in [-0.39, 0.29) is 18.3 Å². The fourth-order valence-electron chi connectivity index (χ4n) is 3.69. The molecule has 4 rings (SSSR count). The summed E-state index contributed by atoms with van der Waals surface area (Å²) in [6.07, 6.45) is 6.55. The monoisotopic (exact) mass is 501 g/mol. The van der Waals surface area contributed by atoms with E-state index in [1.54, 1.807) is 35.6 Å². The summed E-state index contributed by atoms with van der Waals surface area (Å²) in [7, 11) is 1.84. The van der Waals surface area contributed by atoms with Gasteiger partial charge in [0, 0.05) is 16.9 Å². The van der Waals surface area contributed by atoms with E-state index >= 15 is 0 Å². The summed E-state index contributed by atoms with van der Waals surface area (Å²) in [5.41, 5.74) is 1.76. The van der Waals surface area contributed by atoms with Crippen LogP contribution in [0.25, 0.3) is 0 Å². The highest BCUT2D eigenvalue weighted by atomic mass is 35.5. The molecule has 33 heavy (non-hydrogen) atoms. The third kappa shape index (κ3) is 5.88. The molecule has 0 atom stereocenters. The van der Waals surface area contributed by atoms with Gasteiger partial charge in [-0.15, -0.1) is 21.5 Å². The zero-order valence-corrected chi connectivity index (χ0v) is 20.7. The largest absolute Gasteiger partial charge is 0.486 e. The third-order valence-electron chi connectivity index (χ3n) is 5.48. The van der Waals surface area contributed by atoms with Crippen LogP contribution in [0.5, 0.6) is 5.75 Å². The Bertz CT molecular complexity index is 1170. The maximum Gasteiger partial charge on any atom is 0.235 e. The minimum absolute atomic E-state index is 0.160. The van der Waals surface area contributed by atoms with Crippen molar-refractivity contribution >= 4 is 45.6 Å². The summed E-state index contributed by atoms with van der Waals surface area (Å²) in [6.45, 7) is 0.254. The Morgan fingerprint density at radius 3 is 2.76 bits per heavy atom. The van der Waals surface area contributed by atoms with Crippen LogP contribution in [-0.4, -0.2) is 26.4 Å². The number of hydrogen-bond acceptors (Lipinski definition) is 7.